The van der Waals surface area contributed by atoms with Crippen molar-refractivity contribution in [1.29, 1.82) is 0 Å². The van der Waals surface area contributed by atoms with E-state index >= 15 is 0 Å². The Bertz CT molecular complexity index is 597. The van der Waals surface area contributed by atoms with Gasteiger partial charge in [-0.3, -0.25) is 0 Å². The Morgan fingerprint density at radius 2 is 1.88 bits per heavy atom. The normalized spacial score (nSPS) is 9.53. The van der Waals surface area contributed by atoms with E-state index in [9.17, 15) is 4.39 Å². The summed E-state index contributed by atoms with van der Waals surface area (Å²) >= 11 is 3.30. The van der Waals surface area contributed by atoms with Crippen LogP contribution in [-0.2, 0) is 0 Å². The van der Waals surface area contributed by atoms with E-state index < -0.39 is 0 Å². The van der Waals surface area contributed by atoms with E-state index in [-0.39, 0.29) is 5.82 Å². The zero-order chi connectivity index (χ0) is 12.3. The zero-order valence-corrected chi connectivity index (χ0v) is 10.3. The molecule has 0 aliphatic heterocycles. The third-order valence-corrected chi connectivity index (χ3v) is 2.50. The molecule has 1 aromatic heterocycles. The summed E-state index contributed by atoms with van der Waals surface area (Å²) in [4.78, 5) is 3.97. The predicted octanol–water partition coefficient (Wildman–Crippen LogP) is 2.97. The fourth-order valence-electron chi connectivity index (χ4n) is 1.22. The van der Waals surface area contributed by atoms with Gasteiger partial charge in [0.05, 0.1) is 5.56 Å². The van der Waals surface area contributed by atoms with Crippen molar-refractivity contribution in [3.05, 3.63) is 57.9 Å². The number of benzene rings is 1. The van der Waals surface area contributed by atoms with Crippen LogP contribution in [-0.4, -0.2) is 4.98 Å². The molecule has 0 unspecified atom stereocenters. The first-order chi connectivity index (χ1) is 8.15. The Morgan fingerprint density at radius 3 is 2.59 bits per heavy atom. The fraction of sp³-hybridized carbons (Fsp3) is 0. The van der Waals surface area contributed by atoms with Crippen LogP contribution < -0.4 is 5.73 Å². The van der Waals surface area contributed by atoms with Gasteiger partial charge in [-0.2, -0.15) is 0 Å². The molecule has 2 aromatic rings. The molecule has 2 nitrogen and oxygen atoms in total. The number of pyridine rings is 1. The van der Waals surface area contributed by atoms with Crippen molar-refractivity contribution in [2.75, 3.05) is 5.73 Å². The highest BCUT2D eigenvalue weighted by molar-refractivity contribution is 9.10. The first kappa shape index (κ1) is 11.6. The number of rotatable bonds is 0. The fourth-order valence-corrected chi connectivity index (χ4v) is 1.55. The van der Waals surface area contributed by atoms with Crippen molar-refractivity contribution in [1.82, 2.24) is 4.98 Å². The van der Waals surface area contributed by atoms with Gasteiger partial charge < -0.3 is 5.73 Å². The molecule has 0 saturated carbocycles. The van der Waals surface area contributed by atoms with Gasteiger partial charge in [-0.05, 0) is 46.3 Å². The average Bonchev–Trinajstić information content (AvgIpc) is 2.32. The highest BCUT2D eigenvalue weighted by atomic mass is 79.9. The van der Waals surface area contributed by atoms with Crippen molar-refractivity contribution in [3.63, 3.8) is 0 Å². The highest BCUT2D eigenvalue weighted by Gasteiger charge is 1.97. The van der Waals surface area contributed by atoms with Crippen LogP contribution >= 0.6 is 15.9 Å². The highest BCUT2D eigenvalue weighted by Crippen LogP contribution is 2.14. The van der Waals surface area contributed by atoms with Crippen molar-refractivity contribution < 1.29 is 4.39 Å². The van der Waals surface area contributed by atoms with E-state index in [0.29, 0.717) is 11.4 Å². The largest absolute Gasteiger partial charge is 0.383 e. The summed E-state index contributed by atoms with van der Waals surface area (Å²) in [6, 6.07) is 7.76. The van der Waals surface area contributed by atoms with Gasteiger partial charge in [-0.25, -0.2) is 9.37 Å². The van der Waals surface area contributed by atoms with Crippen LogP contribution in [0.15, 0.2) is 41.0 Å². The van der Waals surface area contributed by atoms with E-state index in [4.69, 9.17) is 5.73 Å². The summed E-state index contributed by atoms with van der Waals surface area (Å²) in [5.41, 5.74) is 7.05. The van der Waals surface area contributed by atoms with E-state index in [0.717, 1.165) is 10.0 Å². The molecule has 0 spiro atoms. The topological polar surface area (TPSA) is 38.9 Å². The monoisotopic (exact) mass is 290 g/mol. The summed E-state index contributed by atoms with van der Waals surface area (Å²) in [5.74, 6) is 5.90. The number of aromatic nitrogens is 1. The lowest BCUT2D eigenvalue weighted by Gasteiger charge is -1.97. The molecule has 1 aromatic carbocycles. The number of hydrogen-bond donors (Lipinski definition) is 1. The lowest BCUT2D eigenvalue weighted by atomic mass is 10.2. The number of halogens is 2. The Balaban J connectivity index is 2.32. The number of hydrogen-bond acceptors (Lipinski definition) is 2. The number of nitrogen functional groups attached to an aromatic ring is 1. The van der Waals surface area contributed by atoms with Crippen LogP contribution in [0.4, 0.5) is 10.2 Å². The predicted molar refractivity (Wildman–Crippen MR) is 68.7 cm³/mol. The number of nitrogens with zero attached hydrogens (tertiary/aromatic N) is 1. The molecule has 0 fully saturated rings. The molecule has 0 saturated heterocycles. The molecule has 84 valence electrons. The van der Waals surface area contributed by atoms with Crippen LogP contribution in [0.25, 0.3) is 0 Å². The smallest absolute Gasteiger partial charge is 0.139 e. The number of anilines is 1. The Morgan fingerprint density at radius 1 is 1.18 bits per heavy atom. The maximum absolute atomic E-state index is 12.7. The molecule has 0 atom stereocenters. The summed E-state index contributed by atoms with van der Waals surface area (Å²) < 4.78 is 13.5. The average molecular weight is 291 g/mol. The van der Waals surface area contributed by atoms with Crippen LogP contribution in [0, 0.1) is 17.7 Å². The zero-order valence-electron chi connectivity index (χ0n) is 8.74. The Hall–Kier alpha value is -1.86. The van der Waals surface area contributed by atoms with E-state index in [1.807, 2.05) is 0 Å². The van der Waals surface area contributed by atoms with E-state index in [2.05, 4.69) is 32.8 Å². The van der Waals surface area contributed by atoms with Crippen LogP contribution in [0.5, 0.6) is 0 Å². The van der Waals surface area contributed by atoms with Crippen LogP contribution in [0.1, 0.15) is 11.1 Å². The third kappa shape index (κ3) is 3.05. The SMILES string of the molecule is Nc1ncc(Br)cc1C#Cc1ccc(F)cc1. The molecule has 0 aliphatic carbocycles. The molecule has 17 heavy (non-hydrogen) atoms. The Labute approximate surface area is 107 Å². The van der Waals surface area contributed by atoms with Gasteiger partial charge in [0, 0.05) is 16.2 Å². The van der Waals surface area contributed by atoms with Crippen LogP contribution in [0.2, 0.25) is 0 Å². The van der Waals surface area contributed by atoms with Gasteiger partial charge >= 0.3 is 0 Å². The molecule has 0 radical (unpaired) electrons. The van der Waals surface area contributed by atoms with Gasteiger partial charge in [-0.1, -0.05) is 11.8 Å². The second-order valence-electron chi connectivity index (χ2n) is 3.34. The molecular formula is C13H8BrFN2. The molecule has 2 rings (SSSR count). The van der Waals surface area contributed by atoms with Crippen LogP contribution in [0.3, 0.4) is 0 Å². The summed E-state index contributed by atoms with van der Waals surface area (Å²) in [7, 11) is 0. The molecule has 0 aliphatic rings. The first-order valence-corrected chi connectivity index (χ1v) is 5.63. The van der Waals surface area contributed by atoms with Crippen molar-refractivity contribution in [3.8, 4) is 11.8 Å². The minimum Gasteiger partial charge on any atom is -0.383 e. The maximum Gasteiger partial charge on any atom is 0.139 e. The minimum atomic E-state index is -0.279. The molecular weight excluding hydrogens is 283 g/mol. The van der Waals surface area contributed by atoms with E-state index in [1.165, 1.54) is 12.1 Å². The molecule has 0 bridgehead atoms. The Kier molecular flexibility index (Phi) is 3.40. The molecule has 0 amide bonds. The van der Waals surface area contributed by atoms with E-state index in [1.54, 1.807) is 24.4 Å². The lowest BCUT2D eigenvalue weighted by Crippen LogP contribution is -1.93. The van der Waals surface area contributed by atoms with Gasteiger partial charge in [-0.15, -0.1) is 0 Å². The summed E-state index contributed by atoms with van der Waals surface area (Å²) in [6.07, 6.45) is 1.61. The standard InChI is InChI=1S/C13H8BrFN2/c14-11-7-10(13(16)17-8-11)4-1-9-2-5-12(15)6-3-9/h2-3,5-8H,(H2,16,17). The summed E-state index contributed by atoms with van der Waals surface area (Å²) in [5, 5.41) is 0. The molecule has 2 N–H and O–H groups in total. The van der Waals surface area contributed by atoms with Crippen molar-refractivity contribution in [2.24, 2.45) is 0 Å². The van der Waals surface area contributed by atoms with Gasteiger partial charge in [0.1, 0.15) is 11.6 Å². The lowest BCUT2D eigenvalue weighted by molar-refractivity contribution is 0.627. The summed E-state index contributed by atoms with van der Waals surface area (Å²) in [6.45, 7) is 0. The van der Waals surface area contributed by atoms with Gasteiger partial charge in [0.2, 0.25) is 0 Å². The molecule has 1 heterocycles. The maximum atomic E-state index is 12.7. The van der Waals surface area contributed by atoms with Gasteiger partial charge in [0.25, 0.3) is 0 Å². The second kappa shape index (κ2) is 4.98. The molecule has 4 heteroatoms. The van der Waals surface area contributed by atoms with Gasteiger partial charge in [0.15, 0.2) is 0 Å². The quantitative estimate of drug-likeness (QED) is 0.758. The van der Waals surface area contributed by atoms with Crippen molar-refractivity contribution in [2.45, 2.75) is 0 Å². The minimum absolute atomic E-state index is 0.279. The first-order valence-electron chi connectivity index (χ1n) is 4.84. The third-order valence-electron chi connectivity index (χ3n) is 2.07. The van der Waals surface area contributed by atoms with Crippen molar-refractivity contribution >= 4 is 21.7 Å². The second-order valence-corrected chi connectivity index (χ2v) is 4.26. The number of nitrogens with two attached hydrogens (primary N) is 1.